The van der Waals surface area contributed by atoms with Gasteiger partial charge in [-0.2, -0.15) is 0 Å². The number of methoxy groups -OCH3 is 1. The van der Waals surface area contributed by atoms with E-state index in [0.717, 1.165) is 17.7 Å². The maximum Gasteiger partial charge on any atom is 0.235 e. The van der Waals surface area contributed by atoms with Gasteiger partial charge in [-0.05, 0) is 49.1 Å². The standard InChI is InChI=1S/C22H26N2O4/c1-27-18-7-9-19(10-8-18)28-16-15-24-21(26)22(12-13-22)20(25)23-14-11-17-5-3-2-4-6-17/h2-10H,11-16H2,1H3,(H,23,25)(H,24,26). The summed E-state index contributed by atoms with van der Waals surface area (Å²) < 4.78 is 10.7. The maximum absolute atomic E-state index is 12.5. The molecule has 1 aliphatic carbocycles. The van der Waals surface area contributed by atoms with Crippen LogP contribution in [0, 0.1) is 5.41 Å². The predicted octanol–water partition coefficient (Wildman–Crippen LogP) is 2.33. The summed E-state index contributed by atoms with van der Waals surface area (Å²) in [6, 6.07) is 17.2. The molecule has 2 amide bonds. The number of nitrogens with one attached hydrogen (secondary N) is 2. The van der Waals surface area contributed by atoms with E-state index in [4.69, 9.17) is 9.47 Å². The Labute approximate surface area is 165 Å². The average Bonchev–Trinajstić information content (AvgIpc) is 3.54. The van der Waals surface area contributed by atoms with Gasteiger partial charge in [0.1, 0.15) is 23.5 Å². The molecule has 0 atom stereocenters. The third-order valence-electron chi connectivity index (χ3n) is 4.88. The van der Waals surface area contributed by atoms with Crippen LogP contribution in [0.5, 0.6) is 11.5 Å². The normalized spacial score (nSPS) is 14.0. The topological polar surface area (TPSA) is 76.7 Å². The fourth-order valence-corrected chi connectivity index (χ4v) is 2.99. The summed E-state index contributed by atoms with van der Waals surface area (Å²) in [4.78, 5) is 24.9. The number of carbonyl (C=O) groups is 2. The highest BCUT2D eigenvalue weighted by Gasteiger charge is 2.56. The van der Waals surface area contributed by atoms with Crippen LogP contribution in [0.2, 0.25) is 0 Å². The van der Waals surface area contributed by atoms with Gasteiger partial charge in [0.05, 0.1) is 13.7 Å². The van der Waals surface area contributed by atoms with E-state index in [2.05, 4.69) is 10.6 Å². The molecule has 0 bridgehead atoms. The molecule has 3 rings (SSSR count). The zero-order valence-electron chi connectivity index (χ0n) is 16.1. The number of amides is 2. The minimum absolute atomic E-state index is 0.183. The first kappa shape index (κ1) is 19.7. The molecule has 0 aromatic heterocycles. The van der Waals surface area contributed by atoms with Crippen LogP contribution in [0.1, 0.15) is 18.4 Å². The smallest absolute Gasteiger partial charge is 0.235 e. The first-order chi connectivity index (χ1) is 13.6. The Hall–Kier alpha value is -3.02. The molecule has 6 heteroatoms. The molecule has 1 aliphatic rings. The van der Waals surface area contributed by atoms with Crippen LogP contribution in [0.3, 0.4) is 0 Å². The van der Waals surface area contributed by atoms with E-state index < -0.39 is 5.41 Å². The molecule has 0 heterocycles. The number of benzene rings is 2. The lowest BCUT2D eigenvalue weighted by Gasteiger charge is -2.15. The zero-order valence-corrected chi connectivity index (χ0v) is 16.1. The molecule has 2 aromatic rings. The third-order valence-corrected chi connectivity index (χ3v) is 4.88. The zero-order chi connectivity index (χ0) is 19.8. The highest BCUT2D eigenvalue weighted by Crippen LogP contribution is 2.46. The van der Waals surface area contributed by atoms with Crippen LogP contribution < -0.4 is 20.1 Å². The molecular formula is C22H26N2O4. The lowest BCUT2D eigenvalue weighted by Crippen LogP contribution is -2.44. The van der Waals surface area contributed by atoms with Crippen molar-refractivity contribution in [2.45, 2.75) is 19.3 Å². The summed E-state index contributed by atoms with van der Waals surface area (Å²) in [6.07, 6.45) is 1.94. The summed E-state index contributed by atoms with van der Waals surface area (Å²) in [6.45, 7) is 1.21. The highest BCUT2D eigenvalue weighted by atomic mass is 16.5. The Kier molecular flexibility index (Phi) is 6.53. The SMILES string of the molecule is COc1ccc(OCCNC(=O)C2(C(=O)NCCc3ccccc3)CC2)cc1. The first-order valence-corrected chi connectivity index (χ1v) is 9.51. The van der Waals surface area contributed by atoms with Gasteiger partial charge in [0.25, 0.3) is 0 Å². The number of hydrogen-bond donors (Lipinski definition) is 2. The average molecular weight is 382 g/mol. The molecule has 0 aliphatic heterocycles. The Morgan fingerprint density at radius 1 is 0.893 bits per heavy atom. The van der Waals surface area contributed by atoms with Crippen molar-refractivity contribution in [3.63, 3.8) is 0 Å². The summed E-state index contributed by atoms with van der Waals surface area (Å²) in [7, 11) is 1.61. The quantitative estimate of drug-likeness (QED) is 0.488. The van der Waals surface area contributed by atoms with Gasteiger partial charge in [-0.25, -0.2) is 0 Å². The van der Waals surface area contributed by atoms with Crippen molar-refractivity contribution in [1.82, 2.24) is 10.6 Å². The molecule has 1 fully saturated rings. The summed E-state index contributed by atoms with van der Waals surface area (Å²) in [5.74, 6) is 1.06. The van der Waals surface area contributed by atoms with Crippen LogP contribution in [0.25, 0.3) is 0 Å². The summed E-state index contributed by atoms with van der Waals surface area (Å²) in [5.41, 5.74) is 0.254. The van der Waals surface area contributed by atoms with E-state index in [1.165, 1.54) is 0 Å². The number of carbonyl (C=O) groups excluding carboxylic acids is 2. The Morgan fingerprint density at radius 2 is 1.50 bits per heavy atom. The fraction of sp³-hybridized carbons (Fsp3) is 0.364. The Bertz CT molecular complexity index is 786. The molecule has 0 spiro atoms. The number of hydrogen-bond acceptors (Lipinski definition) is 4. The molecule has 1 saturated carbocycles. The van der Waals surface area contributed by atoms with Crippen molar-refractivity contribution >= 4 is 11.8 Å². The van der Waals surface area contributed by atoms with E-state index in [-0.39, 0.29) is 11.8 Å². The van der Waals surface area contributed by atoms with Crippen molar-refractivity contribution in [2.24, 2.45) is 5.41 Å². The number of ether oxygens (including phenoxy) is 2. The van der Waals surface area contributed by atoms with Crippen molar-refractivity contribution in [2.75, 3.05) is 26.8 Å². The maximum atomic E-state index is 12.5. The van der Waals surface area contributed by atoms with Gasteiger partial charge in [0.2, 0.25) is 11.8 Å². The monoisotopic (exact) mass is 382 g/mol. The molecule has 0 saturated heterocycles. The van der Waals surface area contributed by atoms with E-state index >= 15 is 0 Å². The van der Waals surface area contributed by atoms with Crippen LogP contribution in [-0.4, -0.2) is 38.6 Å². The first-order valence-electron chi connectivity index (χ1n) is 9.51. The Balaban J connectivity index is 1.37. The van der Waals surface area contributed by atoms with E-state index in [1.54, 1.807) is 7.11 Å². The van der Waals surface area contributed by atoms with Gasteiger partial charge in [-0.3, -0.25) is 9.59 Å². The summed E-state index contributed by atoms with van der Waals surface area (Å²) in [5, 5.41) is 5.72. The molecule has 0 radical (unpaired) electrons. The lowest BCUT2D eigenvalue weighted by atomic mass is 10.0. The van der Waals surface area contributed by atoms with Crippen molar-refractivity contribution in [1.29, 1.82) is 0 Å². The van der Waals surface area contributed by atoms with E-state index in [0.29, 0.717) is 38.3 Å². The second-order valence-electron chi connectivity index (χ2n) is 6.85. The third kappa shape index (κ3) is 5.03. The molecule has 148 valence electrons. The molecule has 2 N–H and O–H groups in total. The van der Waals surface area contributed by atoms with E-state index in [1.807, 2.05) is 54.6 Å². The van der Waals surface area contributed by atoms with Crippen LogP contribution in [0.4, 0.5) is 0 Å². The molecule has 2 aromatic carbocycles. The van der Waals surface area contributed by atoms with Gasteiger partial charge in [-0.1, -0.05) is 30.3 Å². The van der Waals surface area contributed by atoms with Gasteiger partial charge < -0.3 is 20.1 Å². The molecular weight excluding hydrogens is 356 g/mol. The lowest BCUT2D eigenvalue weighted by molar-refractivity contribution is -0.137. The molecule has 0 unspecified atom stereocenters. The van der Waals surface area contributed by atoms with Crippen molar-refractivity contribution < 1.29 is 19.1 Å². The van der Waals surface area contributed by atoms with Gasteiger partial charge in [0, 0.05) is 6.54 Å². The summed E-state index contributed by atoms with van der Waals surface area (Å²) >= 11 is 0. The Morgan fingerprint density at radius 3 is 2.11 bits per heavy atom. The second kappa shape index (κ2) is 9.26. The highest BCUT2D eigenvalue weighted by molar-refractivity contribution is 6.07. The van der Waals surface area contributed by atoms with Crippen molar-refractivity contribution in [3.05, 3.63) is 60.2 Å². The van der Waals surface area contributed by atoms with Gasteiger partial charge >= 0.3 is 0 Å². The minimum atomic E-state index is -0.906. The molecule has 28 heavy (non-hydrogen) atoms. The fourth-order valence-electron chi connectivity index (χ4n) is 2.99. The van der Waals surface area contributed by atoms with Crippen LogP contribution in [-0.2, 0) is 16.0 Å². The van der Waals surface area contributed by atoms with Crippen LogP contribution in [0.15, 0.2) is 54.6 Å². The van der Waals surface area contributed by atoms with Gasteiger partial charge in [-0.15, -0.1) is 0 Å². The number of rotatable bonds is 10. The van der Waals surface area contributed by atoms with Crippen molar-refractivity contribution in [3.8, 4) is 11.5 Å². The van der Waals surface area contributed by atoms with E-state index in [9.17, 15) is 9.59 Å². The second-order valence-corrected chi connectivity index (χ2v) is 6.85. The van der Waals surface area contributed by atoms with Gasteiger partial charge in [0.15, 0.2) is 0 Å². The van der Waals surface area contributed by atoms with Crippen LogP contribution >= 0.6 is 0 Å². The molecule has 6 nitrogen and oxygen atoms in total. The minimum Gasteiger partial charge on any atom is -0.497 e. The predicted molar refractivity (Wildman–Crippen MR) is 106 cm³/mol. The largest absolute Gasteiger partial charge is 0.497 e.